The molecule has 98 valence electrons. The van der Waals surface area contributed by atoms with Crippen LogP contribution < -0.4 is 10.6 Å². The van der Waals surface area contributed by atoms with Crippen LogP contribution in [0.4, 0.5) is 8.78 Å². The van der Waals surface area contributed by atoms with Gasteiger partial charge < -0.3 is 10.6 Å². The summed E-state index contributed by atoms with van der Waals surface area (Å²) in [7, 11) is 0. The predicted molar refractivity (Wildman–Crippen MR) is 64.3 cm³/mol. The fourth-order valence-corrected chi connectivity index (χ4v) is 2.22. The molecule has 0 aromatic heterocycles. The van der Waals surface area contributed by atoms with Gasteiger partial charge in [-0.25, -0.2) is 8.78 Å². The van der Waals surface area contributed by atoms with E-state index in [1.807, 2.05) is 0 Å². The Kier molecular flexibility index (Phi) is 3.91. The molecule has 0 aliphatic carbocycles. The summed E-state index contributed by atoms with van der Waals surface area (Å²) in [5, 5.41) is 5.99. The van der Waals surface area contributed by atoms with Gasteiger partial charge in [-0.05, 0) is 31.0 Å². The van der Waals surface area contributed by atoms with Gasteiger partial charge in [0.15, 0.2) is 0 Å². The van der Waals surface area contributed by atoms with E-state index in [4.69, 9.17) is 0 Å². The molecule has 1 heterocycles. The van der Waals surface area contributed by atoms with Crippen molar-refractivity contribution in [2.75, 3.05) is 13.1 Å². The molecule has 1 aromatic rings. The molecule has 2 atom stereocenters. The maximum absolute atomic E-state index is 13.0. The first kappa shape index (κ1) is 13.0. The number of nitrogens with one attached hydrogen (secondary N) is 2. The minimum atomic E-state index is -0.740. The highest BCUT2D eigenvalue weighted by molar-refractivity contribution is 5.94. The van der Waals surface area contributed by atoms with E-state index in [9.17, 15) is 13.6 Å². The Hall–Kier alpha value is -1.49. The van der Waals surface area contributed by atoms with Crippen molar-refractivity contribution >= 4 is 5.91 Å². The van der Waals surface area contributed by atoms with Crippen molar-refractivity contribution < 1.29 is 13.6 Å². The molecule has 2 N–H and O–H groups in total. The highest BCUT2D eigenvalue weighted by atomic mass is 19.1. The quantitative estimate of drug-likeness (QED) is 0.843. The lowest BCUT2D eigenvalue weighted by atomic mass is 9.97. The number of carbonyl (C=O) groups is 1. The molecular formula is C13H16F2N2O. The van der Waals surface area contributed by atoms with Crippen molar-refractivity contribution in [3.05, 3.63) is 35.4 Å². The Bertz CT molecular complexity index is 430. The average Bonchev–Trinajstić information content (AvgIpc) is 2.27. The number of carbonyl (C=O) groups excluding carboxylic acids is 1. The summed E-state index contributed by atoms with van der Waals surface area (Å²) in [6.45, 7) is 3.71. The van der Waals surface area contributed by atoms with Gasteiger partial charge in [0.05, 0.1) is 0 Å². The summed E-state index contributed by atoms with van der Waals surface area (Å²) in [6.07, 6.45) is 0.872. The zero-order valence-corrected chi connectivity index (χ0v) is 10.2. The number of halogens is 2. The third-order valence-corrected chi connectivity index (χ3v) is 3.03. The van der Waals surface area contributed by atoms with E-state index in [0.29, 0.717) is 12.5 Å². The molecule has 2 unspecified atom stereocenters. The molecule has 1 aliphatic rings. The normalized spacial score (nSPS) is 23.7. The van der Waals surface area contributed by atoms with Crippen molar-refractivity contribution in [2.24, 2.45) is 5.92 Å². The highest BCUT2D eigenvalue weighted by Gasteiger charge is 2.21. The topological polar surface area (TPSA) is 41.1 Å². The molecule has 1 fully saturated rings. The molecule has 1 aliphatic heterocycles. The van der Waals surface area contributed by atoms with Crippen LogP contribution in [-0.2, 0) is 0 Å². The monoisotopic (exact) mass is 254 g/mol. The number of amides is 1. The summed E-state index contributed by atoms with van der Waals surface area (Å²) in [4.78, 5) is 11.9. The molecule has 5 heteroatoms. The van der Waals surface area contributed by atoms with Crippen LogP contribution in [0.5, 0.6) is 0 Å². The Labute approximate surface area is 105 Å². The number of piperidine rings is 1. The van der Waals surface area contributed by atoms with Crippen LogP contribution >= 0.6 is 0 Å². The van der Waals surface area contributed by atoms with Gasteiger partial charge in [-0.3, -0.25) is 4.79 Å². The molecule has 18 heavy (non-hydrogen) atoms. The fourth-order valence-electron chi connectivity index (χ4n) is 2.22. The van der Waals surface area contributed by atoms with Gasteiger partial charge in [0.2, 0.25) is 0 Å². The van der Waals surface area contributed by atoms with E-state index in [-0.39, 0.29) is 11.6 Å². The second-order valence-corrected chi connectivity index (χ2v) is 4.83. The molecule has 0 radical (unpaired) electrons. The molecule has 3 nitrogen and oxygen atoms in total. The van der Waals surface area contributed by atoms with E-state index >= 15 is 0 Å². The second-order valence-electron chi connectivity index (χ2n) is 4.83. The Morgan fingerprint density at radius 2 is 1.94 bits per heavy atom. The van der Waals surface area contributed by atoms with Gasteiger partial charge in [-0.15, -0.1) is 0 Å². The van der Waals surface area contributed by atoms with Crippen LogP contribution in [0, 0.1) is 17.6 Å². The van der Waals surface area contributed by atoms with Crippen LogP contribution in [0.1, 0.15) is 23.7 Å². The molecule has 0 saturated carbocycles. The van der Waals surface area contributed by atoms with Crippen LogP contribution in [0.15, 0.2) is 18.2 Å². The summed E-state index contributed by atoms with van der Waals surface area (Å²) in [5.74, 6) is -1.44. The zero-order valence-electron chi connectivity index (χ0n) is 10.2. The standard InChI is InChI=1S/C13H16F2N2O/c1-8-2-12(7-16-6-8)17-13(18)9-3-10(14)5-11(15)4-9/h3-5,8,12,16H,2,6-7H2,1H3,(H,17,18). The van der Waals surface area contributed by atoms with E-state index in [2.05, 4.69) is 17.6 Å². The summed E-state index contributed by atoms with van der Waals surface area (Å²) in [5.41, 5.74) is 0.0192. The summed E-state index contributed by atoms with van der Waals surface area (Å²) in [6, 6.07) is 2.84. The van der Waals surface area contributed by atoms with Crippen LogP contribution in [-0.4, -0.2) is 25.0 Å². The summed E-state index contributed by atoms with van der Waals surface area (Å²) >= 11 is 0. The zero-order chi connectivity index (χ0) is 13.1. The molecule has 1 amide bonds. The molecule has 1 saturated heterocycles. The molecule has 1 aromatic carbocycles. The van der Waals surface area contributed by atoms with Crippen molar-refractivity contribution in [1.29, 1.82) is 0 Å². The minimum absolute atomic E-state index is 0.00702. The minimum Gasteiger partial charge on any atom is -0.348 e. The first-order valence-corrected chi connectivity index (χ1v) is 6.02. The lowest BCUT2D eigenvalue weighted by Crippen LogP contribution is -2.48. The number of hydrogen-bond donors (Lipinski definition) is 2. The van der Waals surface area contributed by atoms with Crippen molar-refractivity contribution in [1.82, 2.24) is 10.6 Å². The predicted octanol–water partition coefficient (Wildman–Crippen LogP) is 1.69. The van der Waals surface area contributed by atoms with Gasteiger partial charge in [0, 0.05) is 24.2 Å². The molecule has 2 rings (SSSR count). The number of benzene rings is 1. The summed E-state index contributed by atoms with van der Waals surface area (Å²) < 4.78 is 26.0. The van der Waals surface area contributed by atoms with E-state index in [0.717, 1.165) is 31.2 Å². The maximum Gasteiger partial charge on any atom is 0.251 e. The van der Waals surface area contributed by atoms with E-state index < -0.39 is 17.5 Å². The van der Waals surface area contributed by atoms with Crippen LogP contribution in [0.3, 0.4) is 0 Å². The first-order valence-electron chi connectivity index (χ1n) is 6.02. The Balaban J connectivity index is 2.02. The lowest BCUT2D eigenvalue weighted by molar-refractivity contribution is 0.0924. The first-order chi connectivity index (χ1) is 8.54. The van der Waals surface area contributed by atoms with Crippen LogP contribution in [0.25, 0.3) is 0 Å². The van der Waals surface area contributed by atoms with Crippen molar-refractivity contribution in [3.8, 4) is 0 Å². The number of hydrogen-bond acceptors (Lipinski definition) is 2. The van der Waals surface area contributed by atoms with Crippen molar-refractivity contribution in [3.63, 3.8) is 0 Å². The van der Waals surface area contributed by atoms with E-state index in [1.165, 1.54) is 0 Å². The van der Waals surface area contributed by atoms with Gasteiger partial charge in [-0.2, -0.15) is 0 Å². The number of rotatable bonds is 2. The third kappa shape index (κ3) is 3.26. The van der Waals surface area contributed by atoms with Gasteiger partial charge in [-0.1, -0.05) is 6.92 Å². The van der Waals surface area contributed by atoms with Crippen LogP contribution in [0.2, 0.25) is 0 Å². The lowest BCUT2D eigenvalue weighted by Gasteiger charge is -2.28. The largest absolute Gasteiger partial charge is 0.348 e. The smallest absolute Gasteiger partial charge is 0.251 e. The second kappa shape index (κ2) is 5.44. The molecule has 0 bridgehead atoms. The SMILES string of the molecule is CC1CNCC(NC(=O)c2cc(F)cc(F)c2)C1. The Morgan fingerprint density at radius 1 is 1.28 bits per heavy atom. The fraction of sp³-hybridized carbons (Fsp3) is 0.462. The third-order valence-electron chi connectivity index (χ3n) is 3.03. The Morgan fingerprint density at radius 3 is 2.56 bits per heavy atom. The molecule has 0 spiro atoms. The average molecular weight is 254 g/mol. The van der Waals surface area contributed by atoms with Gasteiger partial charge in [0.25, 0.3) is 5.91 Å². The van der Waals surface area contributed by atoms with Crippen molar-refractivity contribution in [2.45, 2.75) is 19.4 Å². The molecular weight excluding hydrogens is 238 g/mol. The maximum atomic E-state index is 13.0. The van der Waals surface area contributed by atoms with Gasteiger partial charge in [0.1, 0.15) is 11.6 Å². The van der Waals surface area contributed by atoms with E-state index in [1.54, 1.807) is 0 Å². The highest BCUT2D eigenvalue weighted by Crippen LogP contribution is 2.12. The van der Waals surface area contributed by atoms with Gasteiger partial charge >= 0.3 is 0 Å².